The highest BCUT2D eigenvalue weighted by atomic mass is 28.4. The van der Waals surface area contributed by atoms with Gasteiger partial charge in [0, 0.05) is 18.7 Å². The number of nitrogens with one attached hydrogen (secondary N) is 1. The summed E-state index contributed by atoms with van der Waals surface area (Å²) in [7, 11) is -1.92. The van der Waals surface area contributed by atoms with Crippen LogP contribution in [-0.4, -0.2) is 29.0 Å². The van der Waals surface area contributed by atoms with Gasteiger partial charge in [-0.15, -0.1) is 0 Å². The van der Waals surface area contributed by atoms with Gasteiger partial charge in [0.25, 0.3) is 0 Å². The Hall–Kier alpha value is -2.69. The van der Waals surface area contributed by atoms with Crippen LogP contribution in [0, 0.1) is 17.2 Å². The Kier molecular flexibility index (Phi) is 6.22. The van der Waals surface area contributed by atoms with E-state index in [1.165, 1.54) is 11.1 Å². The van der Waals surface area contributed by atoms with Crippen molar-refractivity contribution < 1.29 is 4.43 Å². The van der Waals surface area contributed by atoms with Crippen LogP contribution >= 0.6 is 0 Å². The molecule has 2 aromatic heterocycles. The molecule has 0 radical (unpaired) electrons. The normalized spacial score (nSPS) is 24.5. The van der Waals surface area contributed by atoms with Gasteiger partial charge >= 0.3 is 0 Å². The summed E-state index contributed by atoms with van der Waals surface area (Å²) in [5.74, 6) is 1.15. The number of aromatic nitrogens is 3. The van der Waals surface area contributed by atoms with Crippen LogP contribution in [0.5, 0.6) is 0 Å². The smallest absolute Gasteiger partial charge is 0.192 e. The van der Waals surface area contributed by atoms with Crippen molar-refractivity contribution in [3.05, 3.63) is 54.0 Å². The second kappa shape index (κ2) is 9.07. The number of rotatable bonds is 6. The largest absolute Gasteiger partial charge is 0.414 e. The van der Waals surface area contributed by atoms with Crippen molar-refractivity contribution in [1.82, 2.24) is 14.5 Å². The van der Waals surface area contributed by atoms with Crippen molar-refractivity contribution in [2.45, 2.75) is 89.2 Å². The van der Waals surface area contributed by atoms with Crippen molar-refractivity contribution >= 4 is 25.2 Å². The highest BCUT2D eigenvalue weighted by molar-refractivity contribution is 6.74. The predicted octanol–water partition coefficient (Wildman–Crippen LogP) is 6.79. The quantitative estimate of drug-likeness (QED) is 0.388. The maximum atomic E-state index is 9.50. The van der Waals surface area contributed by atoms with Gasteiger partial charge in [-0.05, 0) is 66.9 Å². The molecule has 1 aromatic carbocycles. The Bertz CT molecular complexity index is 1250. The molecule has 1 saturated carbocycles. The Morgan fingerprint density at radius 1 is 1.17 bits per heavy atom. The summed E-state index contributed by atoms with van der Waals surface area (Å²) in [5.41, 5.74) is 3.76. The number of nitrogens with zero attached hydrogens (tertiary/aromatic N) is 4. The Balaban J connectivity index is 1.39. The predicted molar refractivity (Wildman–Crippen MR) is 143 cm³/mol. The van der Waals surface area contributed by atoms with Gasteiger partial charge < -0.3 is 14.3 Å². The van der Waals surface area contributed by atoms with Crippen LogP contribution in [0.1, 0.15) is 69.7 Å². The molecule has 2 heterocycles. The van der Waals surface area contributed by atoms with E-state index in [1.54, 1.807) is 6.33 Å². The SMILES string of the molecule is CC(C)(C)[Si](C)(C)O[C@@H]1C[C@H](n2ccc3c(N[C@H]4CCc5ccccc54)ncnc32)C[C@H]1CC#N. The second-order valence-electron chi connectivity index (χ2n) is 11.8. The zero-order chi connectivity index (χ0) is 24.8. The molecule has 4 atom stereocenters. The molecule has 3 aromatic rings. The lowest BCUT2D eigenvalue weighted by molar-refractivity contribution is 0.141. The van der Waals surface area contributed by atoms with Gasteiger partial charge in [-0.3, -0.25) is 0 Å². The van der Waals surface area contributed by atoms with Crippen molar-refractivity contribution in [2.24, 2.45) is 5.92 Å². The summed E-state index contributed by atoms with van der Waals surface area (Å²) in [6, 6.07) is 13.8. The van der Waals surface area contributed by atoms with Crippen LogP contribution in [-0.2, 0) is 10.8 Å². The topological polar surface area (TPSA) is 75.8 Å². The van der Waals surface area contributed by atoms with Crippen molar-refractivity contribution in [3.8, 4) is 6.07 Å². The van der Waals surface area contributed by atoms with E-state index in [2.05, 4.69) is 96.3 Å². The summed E-state index contributed by atoms with van der Waals surface area (Å²) in [6.45, 7) is 11.4. The van der Waals surface area contributed by atoms with E-state index in [0.29, 0.717) is 6.42 Å². The maximum absolute atomic E-state index is 9.50. The van der Waals surface area contributed by atoms with E-state index >= 15 is 0 Å². The standard InChI is InChI=1S/C28H37N5OSi/c1-28(2,3)35(4,5)34-25-17-21(16-20(25)12-14-29)33-15-13-23-26(30-18-31-27(23)33)32-24-11-10-19-8-6-7-9-22(19)24/h6-9,13,15,18,20-21,24-25H,10-12,16-17H2,1-5H3,(H,30,31,32)/t20-,21-,24+,25-/m1/s1. The summed E-state index contributed by atoms with van der Waals surface area (Å²) < 4.78 is 9.14. The fraction of sp³-hybridized carbons (Fsp3) is 0.536. The minimum Gasteiger partial charge on any atom is -0.414 e. The molecule has 7 heteroatoms. The maximum Gasteiger partial charge on any atom is 0.192 e. The molecule has 35 heavy (non-hydrogen) atoms. The van der Waals surface area contributed by atoms with Gasteiger partial charge in [-0.25, -0.2) is 9.97 Å². The molecule has 0 unspecified atom stereocenters. The van der Waals surface area contributed by atoms with E-state index in [-0.39, 0.29) is 29.1 Å². The summed E-state index contributed by atoms with van der Waals surface area (Å²) in [5, 5.41) is 14.4. The third kappa shape index (κ3) is 4.50. The molecule has 2 aliphatic rings. The first-order valence-electron chi connectivity index (χ1n) is 12.9. The summed E-state index contributed by atoms with van der Waals surface area (Å²) >= 11 is 0. The van der Waals surface area contributed by atoms with Gasteiger partial charge in [-0.1, -0.05) is 45.0 Å². The van der Waals surface area contributed by atoms with Crippen LogP contribution in [0.2, 0.25) is 18.1 Å². The highest BCUT2D eigenvalue weighted by Crippen LogP contribution is 2.45. The Labute approximate surface area is 209 Å². The van der Waals surface area contributed by atoms with E-state index in [1.807, 2.05) is 0 Å². The molecular weight excluding hydrogens is 450 g/mol. The van der Waals surface area contributed by atoms with Crippen LogP contribution < -0.4 is 5.32 Å². The number of fused-ring (bicyclic) bond motifs is 2. The van der Waals surface area contributed by atoms with Crippen molar-refractivity contribution in [2.75, 3.05) is 5.32 Å². The van der Waals surface area contributed by atoms with Crippen LogP contribution in [0.3, 0.4) is 0 Å². The average Bonchev–Trinajstić information content (AvgIpc) is 3.51. The van der Waals surface area contributed by atoms with Gasteiger partial charge in [-0.2, -0.15) is 5.26 Å². The lowest BCUT2D eigenvalue weighted by Gasteiger charge is -2.39. The number of hydrogen-bond donors (Lipinski definition) is 1. The van der Waals surface area contributed by atoms with Crippen LogP contribution in [0.25, 0.3) is 11.0 Å². The molecule has 0 saturated heterocycles. The van der Waals surface area contributed by atoms with Crippen molar-refractivity contribution in [3.63, 3.8) is 0 Å². The summed E-state index contributed by atoms with van der Waals surface area (Å²) in [6.07, 6.45) is 8.52. The number of anilines is 1. The molecule has 184 valence electrons. The number of hydrogen-bond acceptors (Lipinski definition) is 5. The first-order valence-corrected chi connectivity index (χ1v) is 15.8. The third-order valence-corrected chi connectivity index (χ3v) is 13.1. The lowest BCUT2D eigenvalue weighted by Crippen LogP contribution is -2.44. The first kappa shape index (κ1) is 24.0. The number of nitriles is 1. The summed E-state index contributed by atoms with van der Waals surface area (Å²) in [4.78, 5) is 9.31. The van der Waals surface area contributed by atoms with Gasteiger partial charge in [0.2, 0.25) is 0 Å². The molecular formula is C28H37N5OSi. The highest BCUT2D eigenvalue weighted by Gasteiger charge is 2.44. The fourth-order valence-corrected chi connectivity index (χ4v) is 6.97. The van der Waals surface area contributed by atoms with Gasteiger partial charge in [0.15, 0.2) is 8.32 Å². The minimum atomic E-state index is -1.92. The molecule has 1 N–H and O–H groups in total. The third-order valence-electron chi connectivity index (χ3n) is 8.56. The van der Waals surface area contributed by atoms with E-state index in [9.17, 15) is 5.26 Å². The van der Waals surface area contributed by atoms with Crippen LogP contribution in [0.15, 0.2) is 42.9 Å². The number of aryl methyl sites for hydroxylation is 1. The molecule has 5 rings (SSSR count). The number of benzene rings is 1. The molecule has 0 bridgehead atoms. The zero-order valence-corrected chi connectivity index (χ0v) is 22.6. The average molecular weight is 488 g/mol. The van der Waals surface area contributed by atoms with Crippen molar-refractivity contribution in [1.29, 1.82) is 5.26 Å². The molecule has 0 aliphatic heterocycles. The van der Waals surface area contributed by atoms with Crippen LogP contribution in [0.4, 0.5) is 5.82 Å². The Morgan fingerprint density at radius 2 is 1.97 bits per heavy atom. The molecule has 1 fully saturated rings. The van der Waals surface area contributed by atoms with Gasteiger partial charge in [0.05, 0.1) is 23.6 Å². The molecule has 6 nitrogen and oxygen atoms in total. The molecule has 2 aliphatic carbocycles. The van der Waals surface area contributed by atoms with E-state index in [4.69, 9.17) is 4.43 Å². The van der Waals surface area contributed by atoms with E-state index in [0.717, 1.165) is 42.5 Å². The second-order valence-corrected chi connectivity index (χ2v) is 16.5. The monoisotopic (exact) mass is 487 g/mol. The fourth-order valence-electron chi connectivity index (χ4n) is 5.57. The first-order chi connectivity index (χ1) is 16.7. The molecule has 0 spiro atoms. The lowest BCUT2D eigenvalue weighted by atomic mass is 10.0. The minimum absolute atomic E-state index is 0.118. The zero-order valence-electron chi connectivity index (χ0n) is 21.6. The molecule has 0 amide bonds. The Morgan fingerprint density at radius 3 is 2.74 bits per heavy atom. The van der Waals surface area contributed by atoms with Gasteiger partial charge in [0.1, 0.15) is 17.8 Å². The van der Waals surface area contributed by atoms with E-state index < -0.39 is 8.32 Å².